The van der Waals surface area contributed by atoms with Gasteiger partial charge < -0.3 is 4.74 Å². The molecule has 2 unspecified atom stereocenters. The molecule has 4 heterocycles. The van der Waals surface area contributed by atoms with Crippen molar-refractivity contribution in [2.45, 2.75) is 18.3 Å². The van der Waals surface area contributed by atoms with Crippen molar-refractivity contribution < 1.29 is 9.53 Å². The van der Waals surface area contributed by atoms with Gasteiger partial charge in [0.25, 0.3) is 5.24 Å². The maximum absolute atomic E-state index is 13.0. The summed E-state index contributed by atoms with van der Waals surface area (Å²) in [6, 6.07) is 23.4. The summed E-state index contributed by atoms with van der Waals surface area (Å²) in [7, 11) is 0. The number of hydrazone groups is 1. The fourth-order valence-corrected chi connectivity index (χ4v) is 6.49. The van der Waals surface area contributed by atoms with Gasteiger partial charge in [0.2, 0.25) is 0 Å². The van der Waals surface area contributed by atoms with Crippen LogP contribution in [0.5, 0.6) is 5.75 Å². The molecule has 1 fully saturated rings. The van der Waals surface area contributed by atoms with Crippen LogP contribution in [-0.4, -0.2) is 32.0 Å². The summed E-state index contributed by atoms with van der Waals surface area (Å²) < 4.78 is 7.60. The number of hydrogen-bond donors (Lipinski definition) is 2. The molecule has 1 aromatic heterocycles. The van der Waals surface area contributed by atoms with Gasteiger partial charge in [-0.15, -0.1) is 0 Å². The molecule has 188 valence electrons. The van der Waals surface area contributed by atoms with Gasteiger partial charge >= 0.3 is 5.85 Å². The normalized spacial score (nSPS) is 22.7. The summed E-state index contributed by atoms with van der Waals surface area (Å²) in [6.45, 7) is 0. The van der Waals surface area contributed by atoms with E-state index in [1.165, 1.54) is 0 Å². The van der Waals surface area contributed by atoms with Crippen LogP contribution in [-0.2, 0) is 0 Å². The van der Waals surface area contributed by atoms with Crippen molar-refractivity contribution in [2.24, 2.45) is 5.10 Å². The lowest BCUT2D eigenvalue weighted by molar-refractivity contribution is -0.0949. The third kappa shape index (κ3) is 3.84. The van der Waals surface area contributed by atoms with E-state index in [1.807, 2.05) is 77.8 Å². The Labute approximate surface area is 236 Å². The number of nitrogens with one attached hydrogen (secondary N) is 2. The number of carbonyl (C=O) groups excluding carboxylic acids is 1. The molecule has 0 aliphatic carbocycles. The number of thioether (sulfide) groups is 1. The van der Waals surface area contributed by atoms with Crippen LogP contribution in [0.15, 0.2) is 93.5 Å². The first-order valence-electron chi connectivity index (χ1n) is 11.9. The summed E-state index contributed by atoms with van der Waals surface area (Å²) in [5.74, 6) is -0.599. The molecule has 0 saturated carbocycles. The lowest BCUT2D eigenvalue weighted by atomic mass is 9.95. The summed E-state index contributed by atoms with van der Waals surface area (Å²) >= 11 is 10.8. The molecule has 0 radical (unpaired) electrons. The number of aromatic amines is 1. The van der Waals surface area contributed by atoms with Gasteiger partial charge in [0, 0.05) is 32.6 Å². The lowest BCUT2D eigenvalue weighted by Gasteiger charge is -2.45. The Bertz CT molecular complexity index is 1640. The lowest BCUT2D eigenvalue weighted by Crippen LogP contribution is -2.61. The second kappa shape index (κ2) is 9.04. The average molecular weight is 605 g/mol. The zero-order valence-corrected chi connectivity index (χ0v) is 22.8. The Morgan fingerprint density at radius 1 is 1.11 bits per heavy atom. The largest absolute Gasteiger partial charge is 0.444 e. The number of rotatable bonds is 3. The van der Waals surface area contributed by atoms with E-state index in [2.05, 4.69) is 37.5 Å². The number of ether oxygens (including phenoxy) is 1. The predicted molar refractivity (Wildman–Crippen MR) is 153 cm³/mol. The molecule has 3 aliphatic rings. The zero-order chi connectivity index (χ0) is 25.9. The molecule has 0 bridgehead atoms. The summed E-state index contributed by atoms with van der Waals surface area (Å²) in [4.78, 5) is 13.6. The minimum atomic E-state index is -1.30. The highest BCUT2D eigenvalue weighted by Gasteiger charge is 2.58. The number of carbonyl (C=O) groups is 1. The van der Waals surface area contributed by atoms with Crippen LogP contribution in [0, 0.1) is 0 Å². The molecule has 2 atom stereocenters. The molecule has 3 aliphatic heterocycles. The molecule has 1 amide bonds. The standard InChI is InChI=1S/C28H19BrClN5O2S/c29-19-8-11-24-21(13-19)23-14-22(16-6-9-20(30)10-7-16)34-35(23)28(37-24)25(38-27(36)32-28)12-18-15-31-33-26(18)17-4-2-1-3-5-17/h1-13,15,23H,14H2,(H,31,33)(H,32,36). The minimum absolute atomic E-state index is 0.151. The molecular weight excluding hydrogens is 586 g/mol. The number of hydrogen-bond acceptors (Lipinski definition) is 6. The number of amides is 1. The van der Waals surface area contributed by atoms with Crippen LogP contribution in [0.2, 0.25) is 5.02 Å². The summed E-state index contributed by atoms with van der Waals surface area (Å²) in [5, 5.41) is 17.8. The number of halogens is 2. The Morgan fingerprint density at radius 2 is 1.92 bits per heavy atom. The molecule has 2 N–H and O–H groups in total. The highest BCUT2D eigenvalue weighted by atomic mass is 79.9. The predicted octanol–water partition coefficient (Wildman–Crippen LogP) is 7.19. The highest BCUT2D eigenvalue weighted by molar-refractivity contribution is 9.10. The van der Waals surface area contributed by atoms with Crippen LogP contribution in [0.1, 0.15) is 29.2 Å². The van der Waals surface area contributed by atoms with Crippen molar-refractivity contribution in [1.82, 2.24) is 20.5 Å². The molecular formula is C28H19BrClN5O2S. The second-order valence-electron chi connectivity index (χ2n) is 9.14. The van der Waals surface area contributed by atoms with Crippen LogP contribution in [0.3, 0.4) is 0 Å². The van der Waals surface area contributed by atoms with E-state index in [4.69, 9.17) is 21.4 Å². The van der Waals surface area contributed by atoms with Crippen LogP contribution >= 0.6 is 39.3 Å². The van der Waals surface area contributed by atoms with Gasteiger partial charge in [0.1, 0.15) is 5.75 Å². The quantitative estimate of drug-likeness (QED) is 0.259. The minimum Gasteiger partial charge on any atom is -0.444 e. The molecule has 1 spiro atoms. The van der Waals surface area contributed by atoms with Gasteiger partial charge in [0.05, 0.1) is 28.5 Å². The van der Waals surface area contributed by atoms with Gasteiger partial charge in [-0.3, -0.25) is 15.2 Å². The second-order valence-corrected chi connectivity index (χ2v) is 11.5. The Hall–Kier alpha value is -3.53. The molecule has 3 aromatic carbocycles. The SMILES string of the molecule is O=C1NC2(Oc3ccc(Br)cc3C3CC(c4ccc(Cl)cc4)=NN32)C(=Cc2cn[nH]c2-c2ccccc2)S1. The number of nitrogens with zero attached hydrogens (tertiary/aromatic N) is 3. The van der Waals surface area contributed by atoms with Crippen molar-refractivity contribution >= 4 is 56.3 Å². The number of fused-ring (bicyclic) bond motifs is 4. The van der Waals surface area contributed by atoms with Crippen LogP contribution in [0.25, 0.3) is 17.3 Å². The molecule has 1 saturated heterocycles. The van der Waals surface area contributed by atoms with Crippen molar-refractivity contribution in [3.8, 4) is 17.0 Å². The third-order valence-corrected chi connectivity index (χ3v) is 8.47. The van der Waals surface area contributed by atoms with E-state index in [-0.39, 0.29) is 11.3 Å². The van der Waals surface area contributed by atoms with Crippen molar-refractivity contribution in [1.29, 1.82) is 0 Å². The fourth-order valence-electron chi connectivity index (χ4n) is 5.09. The Balaban J connectivity index is 1.38. The van der Waals surface area contributed by atoms with E-state index in [0.29, 0.717) is 22.1 Å². The van der Waals surface area contributed by atoms with Gasteiger partial charge in [-0.25, -0.2) is 5.01 Å². The monoisotopic (exact) mass is 603 g/mol. The van der Waals surface area contributed by atoms with Crippen molar-refractivity contribution in [3.05, 3.63) is 110 Å². The van der Waals surface area contributed by atoms with Crippen LogP contribution in [0.4, 0.5) is 4.79 Å². The third-order valence-electron chi connectivity index (χ3n) is 6.82. The first kappa shape index (κ1) is 23.6. The highest BCUT2D eigenvalue weighted by Crippen LogP contribution is 2.53. The van der Waals surface area contributed by atoms with E-state index in [1.54, 1.807) is 6.20 Å². The molecule has 4 aromatic rings. The average Bonchev–Trinajstić information content (AvgIpc) is 3.64. The Kier molecular flexibility index (Phi) is 5.61. The number of H-pyrrole nitrogens is 1. The smallest absolute Gasteiger partial charge is 0.314 e. The van der Waals surface area contributed by atoms with E-state index in [0.717, 1.165) is 49.9 Å². The number of aromatic nitrogens is 2. The first-order valence-corrected chi connectivity index (χ1v) is 13.9. The summed E-state index contributed by atoms with van der Waals surface area (Å²) in [5.41, 5.74) is 5.56. The molecule has 38 heavy (non-hydrogen) atoms. The first-order chi connectivity index (χ1) is 18.5. The number of benzene rings is 3. The van der Waals surface area contributed by atoms with Crippen LogP contribution < -0.4 is 10.1 Å². The molecule has 10 heteroatoms. The van der Waals surface area contributed by atoms with Gasteiger partial charge in [-0.05, 0) is 53.7 Å². The van der Waals surface area contributed by atoms with Gasteiger partial charge in [-0.1, -0.05) is 70.0 Å². The fraction of sp³-hybridized carbons (Fsp3) is 0.107. The van der Waals surface area contributed by atoms with Crippen molar-refractivity contribution in [3.63, 3.8) is 0 Å². The van der Waals surface area contributed by atoms with E-state index < -0.39 is 5.85 Å². The van der Waals surface area contributed by atoms with Crippen molar-refractivity contribution in [2.75, 3.05) is 0 Å². The maximum atomic E-state index is 13.0. The van der Waals surface area contributed by atoms with E-state index >= 15 is 0 Å². The topological polar surface area (TPSA) is 82.6 Å². The Morgan fingerprint density at radius 3 is 2.74 bits per heavy atom. The maximum Gasteiger partial charge on any atom is 0.314 e. The van der Waals surface area contributed by atoms with Gasteiger partial charge in [-0.2, -0.15) is 10.2 Å². The zero-order valence-electron chi connectivity index (χ0n) is 19.7. The van der Waals surface area contributed by atoms with Gasteiger partial charge in [0.15, 0.2) is 0 Å². The summed E-state index contributed by atoms with van der Waals surface area (Å²) in [6.07, 6.45) is 4.35. The molecule has 7 nitrogen and oxygen atoms in total. The molecule has 7 rings (SSSR count). The van der Waals surface area contributed by atoms with E-state index in [9.17, 15) is 4.79 Å².